The van der Waals surface area contributed by atoms with Gasteiger partial charge in [0.05, 0.1) is 29.8 Å². The predicted octanol–water partition coefficient (Wildman–Crippen LogP) is -3.20. The highest BCUT2D eigenvalue weighted by molar-refractivity contribution is 7.99. The number of rotatable bonds is 13. The van der Waals surface area contributed by atoms with E-state index in [1.165, 1.54) is 0 Å². The number of hydrogen-bond acceptors (Lipinski definition) is 16. The first-order chi connectivity index (χ1) is 13.5. The van der Waals surface area contributed by atoms with Crippen LogP contribution in [0.1, 0.15) is 0 Å². The van der Waals surface area contributed by atoms with E-state index in [1.807, 2.05) is 0 Å². The second kappa shape index (κ2) is 9.38. The van der Waals surface area contributed by atoms with Crippen LogP contribution < -0.4 is 0 Å². The molecule has 0 aromatic rings. The molecule has 0 saturated heterocycles. The third kappa shape index (κ3) is 12.2. The molecule has 0 rings (SSSR count). The van der Waals surface area contributed by atoms with Crippen LogP contribution in [-0.4, -0.2) is 98.7 Å². The van der Waals surface area contributed by atoms with Gasteiger partial charge in [-0.3, -0.25) is 13.7 Å². The lowest BCUT2D eigenvalue weighted by Gasteiger charge is -2.29. The van der Waals surface area contributed by atoms with Gasteiger partial charge in [-0.15, -0.1) is 0 Å². The van der Waals surface area contributed by atoms with Crippen LogP contribution in [0.5, 0.6) is 0 Å². The molecular formula is C6H15O19PS6. The molecule has 19 nitrogen and oxygen atoms in total. The van der Waals surface area contributed by atoms with E-state index in [9.17, 15) is 55.1 Å². The molecule has 0 aliphatic heterocycles. The lowest BCUT2D eigenvalue weighted by molar-refractivity contribution is 0.299. The van der Waals surface area contributed by atoms with Crippen LogP contribution in [0.4, 0.5) is 0 Å². The zero-order valence-corrected chi connectivity index (χ0v) is 21.2. The highest BCUT2D eigenvalue weighted by Crippen LogP contribution is 2.55. The first-order valence-corrected chi connectivity index (χ1v) is 18.1. The molecule has 32 heavy (non-hydrogen) atoms. The highest BCUT2D eigenvalue weighted by Gasteiger charge is 2.57. The maximum atomic E-state index is 12.6. The van der Waals surface area contributed by atoms with Gasteiger partial charge < -0.3 is 0 Å². The van der Waals surface area contributed by atoms with Crippen molar-refractivity contribution in [1.82, 2.24) is 0 Å². The Bertz CT molecular complexity index is 1290. The van der Waals surface area contributed by atoms with Crippen molar-refractivity contribution in [3.05, 3.63) is 0 Å². The minimum atomic E-state index is -6.55. The fourth-order valence-electron chi connectivity index (χ4n) is 1.91. The molecule has 0 heterocycles. The van der Waals surface area contributed by atoms with Crippen LogP contribution in [0.3, 0.4) is 0 Å². The predicted molar refractivity (Wildman–Crippen MR) is 101 cm³/mol. The van der Waals surface area contributed by atoms with Crippen molar-refractivity contribution in [1.29, 1.82) is 0 Å². The Morgan fingerprint density at radius 2 is 0.844 bits per heavy atom. The molecular weight excluding hydrogens is 599 g/mol. The van der Waals surface area contributed by atoms with Crippen LogP contribution in [-0.2, 0) is 77.2 Å². The second-order valence-electron chi connectivity index (χ2n) is 5.89. The van der Waals surface area contributed by atoms with Gasteiger partial charge >= 0.3 is 7.82 Å². The van der Waals surface area contributed by atoms with Crippen LogP contribution in [0.15, 0.2) is 0 Å². The maximum Gasteiger partial charge on any atom is 0.519 e. The molecule has 0 radical (unpaired) electrons. The Morgan fingerprint density at radius 3 is 1.03 bits per heavy atom. The first-order valence-electron chi connectivity index (χ1n) is 6.73. The van der Waals surface area contributed by atoms with Gasteiger partial charge in [-0.2, -0.15) is 62.4 Å². The van der Waals surface area contributed by atoms with Crippen LogP contribution in [0, 0.1) is 0 Å². The lowest BCUT2D eigenvalue weighted by Crippen LogP contribution is -2.55. The summed E-state index contributed by atoms with van der Waals surface area (Å²) in [6, 6.07) is 0. The third-order valence-corrected chi connectivity index (χ3v) is 12.4. The summed E-state index contributed by atoms with van der Waals surface area (Å²) in [5, 5.41) is 0. The summed E-state index contributed by atoms with van der Waals surface area (Å²) < 4.78 is 183. The first kappa shape index (κ1) is 31.7. The number of hydrogen-bond donors (Lipinski definition) is 3. The topological polar surface area (TPSA) is 310 Å². The van der Waals surface area contributed by atoms with E-state index < -0.39 is 90.5 Å². The van der Waals surface area contributed by atoms with Gasteiger partial charge in [0.2, 0.25) is 0 Å². The third-order valence-electron chi connectivity index (χ3n) is 2.51. The fraction of sp³-hybridized carbons (Fsp3) is 1.00. The molecule has 0 aromatic carbocycles. The zero-order valence-electron chi connectivity index (χ0n) is 15.4. The van der Waals surface area contributed by atoms with E-state index in [4.69, 9.17) is 13.7 Å². The lowest BCUT2D eigenvalue weighted by atomic mass is 10.2. The Balaban J connectivity index is 7.21. The zero-order chi connectivity index (χ0) is 26.2. The molecule has 3 N–H and O–H groups in total. The van der Waals surface area contributed by atoms with Crippen molar-refractivity contribution in [3.63, 3.8) is 0 Å². The molecule has 0 saturated carbocycles. The monoisotopic (exact) mass is 614 g/mol. The quantitative estimate of drug-likeness (QED) is 0.136. The van der Waals surface area contributed by atoms with E-state index in [0.717, 1.165) is 0 Å². The summed E-state index contributed by atoms with van der Waals surface area (Å²) in [6.45, 7) is 0. The van der Waals surface area contributed by atoms with Crippen molar-refractivity contribution >= 4 is 68.5 Å². The van der Waals surface area contributed by atoms with Gasteiger partial charge in [0.1, 0.15) is 4.75 Å². The Labute approximate surface area is 183 Å². The Hall–Kier alpha value is -0.310. The molecule has 0 aromatic heterocycles. The second-order valence-corrected chi connectivity index (χ2v) is 17.5. The highest BCUT2D eigenvalue weighted by atomic mass is 32.3. The Kier molecular flexibility index (Phi) is 9.29. The summed E-state index contributed by atoms with van der Waals surface area (Å²) in [6.07, 6.45) is 0.117. The van der Waals surface area contributed by atoms with E-state index >= 15 is 0 Å². The molecule has 0 amide bonds. The molecule has 0 spiro atoms. The molecule has 0 aliphatic carbocycles. The van der Waals surface area contributed by atoms with Crippen molar-refractivity contribution in [2.45, 2.75) is 4.75 Å². The average molecular weight is 615 g/mol. The van der Waals surface area contributed by atoms with Crippen LogP contribution in [0.2, 0.25) is 0 Å². The Morgan fingerprint density at radius 1 is 0.594 bits per heavy atom. The molecule has 0 bridgehead atoms. The number of phosphoric acid groups is 1. The van der Waals surface area contributed by atoms with Crippen LogP contribution in [0.25, 0.3) is 0 Å². The van der Waals surface area contributed by atoms with Gasteiger partial charge in [-0.25, -0.2) is 4.57 Å². The maximum absolute atomic E-state index is 12.6. The van der Waals surface area contributed by atoms with Crippen molar-refractivity contribution in [3.8, 4) is 0 Å². The smallest absolute Gasteiger partial charge is 0.285 e. The van der Waals surface area contributed by atoms with E-state index in [2.05, 4.69) is 11.9 Å². The molecule has 194 valence electrons. The van der Waals surface area contributed by atoms with Crippen molar-refractivity contribution in [2.24, 2.45) is 0 Å². The standard InChI is InChI=1S/C6H15O19PS6/c1-27(8,9)23-26(7,24-28(2,10)11)25-32(21,22)6(3-29(12,13)14,4-30(15,16)17)5-31(18,19)20/h3-5H2,1-2H3,(H,12,13,14)(H,15,16,17)(H,18,19,20). The summed E-state index contributed by atoms with van der Waals surface area (Å²) in [4.78, 5) is 0. The molecule has 0 atom stereocenters. The van der Waals surface area contributed by atoms with Gasteiger partial charge in [-0.05, 0) is 0 Å². The van der Waals surface area contributed by atoms with Crippen molar-refractivity contribution < 1.29 is 80.6 Å². The van der Waals surface area contributed by atoms with E-state index in [0.29, 0.717) is 0 Å². The van der Waals surface area contributed by atoms with Gasteiger partial charge in [0.15, 0.2) is 0 Å². The fourth-order valence-corrected chi connectivity index (χ4v) is 13.2. The van der Waals surface area contributed by atoms with Gasteiger partial charge in [0, 0.05) is 0 Å². The van der Waals surface area contributed by atoms with Gasteiger partial charge in [0.25, 0.3) is 60.7 Å². The average Bonchev–Trinajstić information content (AvgIpc) is 2.23. The largest absolute Gasteiger partial charge is 0.519 e. The van der Waals surface area contributed by atoms with E-state index in [-0.39, 0.29) is 12.5 Å². The molecule has 26 heteroatoms. The van der Waals surface area contributed by atoms with Crippen LogP contribution >= 0.6 is 7.82 Å². The molecule has 0 fully saturated rings. The minimum absolute atomic E-state index is 0.0586. The van der Waals surface area contributed by atoms with Gasteiger partial charge in [-0.1, -0.05) is 0 Å². The molecule has 0 aliphatic rings. The summed E-state index contributed by atoms with van der Waals surface area (Å²) >= 11 is 0. The SMILES string of the molecule is CS(=O)(=O)OP(=O)(OS(C)(=O)=O)OS(=O)(=O)C(CS(=O)(=O)O)(CS(=O)(=O)O)CS(=O)(=O)O. The summed E-state index contributed by atoms with van der Waals surface area (Å²) in [7, 11) is -40.5. The normalized spacial score (nSPS) is 15.5. The van der Waals surface area contributed by atoms with Crippen molar-refractivity contribution in [2.75, 3.05) is 29.8 Å². The minimum Gasteiger partial charge on any atom is -0.285 e. The molecule has 0 unspecified atom stereocenters. The summed E-state index contributed by atoms with van der Waals surface area (Å²) in [5.41, 5.74) is 0. The van der Waals surface area contributed by atoms with E-state index in [1.54, 1.807) is 0 Å². The summed E-state index contributed by atoms with van der Waals surface area (Å²) in [5.74, 6) is -7.50.